The molecule has 2 bridgehead atoms. The van der Waals surface area contributed by atoms with Crippen molar-refractivity contribution in [3.63, 3.8) is 0 Å². The Balaban J connectivity index is 1.35. The lowest BCUT2D eigenvalue weighted by Crippen LogP contribution is -2.43. The van der Waals surface area contributed by atoms with Gasteiger partial charge < -0.3 is 10.4 Å². The Morgan fingerprint density at radius 3 is 2.40 bits per heavy atom. The molecule has 0 aromatic heterocycles. The molecule has 3 N–H and O–H groups in total. The van der Waals surface area contributed by atoms with Crippen LogP contribution in [0.4, 0.5) is 5.69 Å². The van der Waals surface area contributed by atoms with Gasteiger partial charge in [0, 0.05) is 23.7 Å². The number of hydrogen-bond acceptors (Lipinski definition) is 4. The van der Waals surface area contributed by atoms with Crippen molar-refractivity contribution in [2.75, 3.05) is 4.72 Å². The molecule has 0 heterocycles. The number of fused-ring (bicyclic) bond motifs is 2. The van der Waals surface area contributed by atoms with E-state index in [0.717, 1.165) is 25.7 Å². The molecular weight excluding hydrogens is 464 g/mol. The van der Waals surface area contributed by atoms with Gasteiger partial charge in [-0.15, -0.1) is 0 Å². The third-order valence-electron chi connectivity index (χ3n) is 7.18. The predicted molar refractivity (Wildman–Crippen MR) is 135 cm³/mol. The summed E-state index contributed by atoms with van der Waals surface area (Å²) in [5, 5.41) is 12.0. The summed E-state index contributed by atoms with van der Waals surface area (Å²) in [5.41, 5.74) is 0.918. The maximum Gasteiger partial charge on any atom is 0.303 e. The van der Waals surface area contributed by atoms with E-state index in [-0.39, 0.29) is 23.3 Å². The first-order valence-electron chi connectivity index (χ1n) is 12.2. The summed E-state index contributed by atoms with van der Waals surface area (Å²) >= 11 is 0. The summed E-state index contributed by atoms with van der Waals surface area (Å²) in [6.45, 7) is 0. The van der Waals surface area contributed by atoms with E-state index >= 15 is 0 Å². The second-order valence-corrected chi connectivity index (χ2v) is 11.2. The van der Waals surface area contributed by atoms with Crippen LogP contribution in [0.5, 0.6) is 0 Å². The lowest BCUT2D eigenvalue weighted by Gasteiger charge is -2.31. The van der Waals surface area contributed by atoms with Crippen molar-refractivity contribution in [3.8, 4) is 0 Å². The predicted octanol–water partition coefficient (Wildman–Crippen LogP) is 4.83. The minimum atomic E-state index is -3.74. The molecule has 2 fully saturated rings. The van der Waals surface area contributed by atoms with Crippen molar-refractivity contribution in [1.82, 2.24) is 5.32 Å². The molecule has 0 unspecified atom stereocenters. The highest BCUT2D eigenvalue weighted by atomic mass is 32.2. The van der Waals surface area contributed by atoms with Crippen LogP contribution in [0.1, 0.15) is 55.3 Å². The van der Waals surface area contributed by atoms with E-state index in [4.69, 9.17) is 5.11 Å². The van der Waals surface area contributed by atoms with Crippen LogP contribution in [-0.2, 0) is 14.8 Å². The van der Waals surface area contributed by atoms with Gasteiger partial charge >= 0.3 is 5.97 Å². The summed E-state index contributed by atoms with van der Waals surface area (Å²) in [7, 11) is -3.74. The summed E-state index contributed by atoms with van der Waals surface area (Å²) in [4.78, 5) is 23.7. The molecule has 0 radical (unpaired) electrons. The summed E-state index contributed by atoms with van der Waals surface area (Å²) < 4.78 is 27.8. The zero-order valence-electron chi connectivity index (χ0n) is 19.6. The quantitative estimate of drug-likeness (QED) is 0.305. The molecule has 2 aliphatic rings. The van der Waals surface area contributed by atoms with Crippen LogP contribution in [0.15, 0.2) is 71.6 Å². The fourth-order valence-corrected chi connectivity index (χ4v) is 6.52. The molecule has 4 atom stereocenters. The Bertz CT molecular complexity index is 1160. The number of amides is 1. The molecule has 186 valence electrons. The lowest BCUT2D eigenvalue weighted by atomic mass is 9.82. The number of para-hydroxylation sites is 1. The summed E-state index contributed by atoms with van der Waals surface area (Å²) in [6.07, 6.45) is 10.1. The zero-order chi connectivity index (χ0) is 24.8. The highest BCUT2D eigenvalue weighted by Gasteiger charge is 2.47. The molecular formula is C27H32N2O5S. The monoisotopic (exact) mass is 496 g/mol. The Morgan fingerprint density at radius 2 is 1.69 bits per heavy atom. The second kappa shape index (κ2) is 11.1. The first-order valence-corrected chi connectivity index (χ1v) is 13.7. The number of rotatable bonds is 11. The van der Waals surface area contributed by atoms with Crippen LogP contribution in [-0.4, -0.2) is 31.4 Å². The van der Waals surface area contributed by atoms with E-state index in [9.17, 15) is 18.0 Å². The Labute approximate surface area is 206 Å². The number of unbranched alkanes of at least 4 members (excludes halogenated alkanes) is 1. The number of carboxylic acid groups (broad SMARTS) is 1. The second-order valence-electron chi connectivity index (χ2n) is 9.49. The van der Waals surface area contributed by atoms with Gasteiger partial charge in [-0.2, -0.15) is 0 Å². The van der Waals surface area contributed by atoms with Gasteiger partial charge in [0.05, 0.1) is 4.90 Å². The summed E-state index contributed by atoms with van der Waals surface area (Å²) in [5.74, 6) is 0.503. The number of hydrogen-bond donors (Lipinski definition) is 3. The molecule has 2 aliphatic carbocycles. The van der Waals surface area contributed by atoms with Crippen molar-refractivity contribution in [3.05, 3.63) is 72.3 Å². The fraction of sp³-hybridized carbons (Fsp3) is 0.407. The highest BCUT2D eigenvalue weighted by Crippen LogP contribution is 2.50. The van der Waals surface area contributed by atoms with Crippen LogP contribution in [0.2, 0.25) is 0 Å². The molecule has 2 aromatic carbocycles. The Hall–Kier alpha value is -3.13. The van der Waals surface area contributed by atoms with Crippen LogP contribution in [0.25, 0.3) is 0 Å². The standard InChI is InChI=1S/C27H32N2O5S/c30-25(31)11-7-2-1-6-10-24-20-12-13-21(18-20)26(24)28-27(32)19-14-16-23(17-15-19)35(33,34)29-22-8-4-3-5-9-22/h1,3-6,8-9,14-17,20-21,24,26,29H,2,7,10-13,18H2,(H,28,32)(H,30,31)/b6-1+/t20-,21+,24-,26-/m0/s1. The van der Waals surface area contributed by atoms with Gasteiger partial charge in [0.15, 0.2) is 0 Å². The fourth-order valence-electron chi connectivity index (χ4n) is 5.46. The third kappa shape index (κ3) is 6.31. The topological polar surface area (TPSA) is 113 Å². The van der Waals surface area contributed by atoms with Crippen LogP contribution in [0, 0.1) is 17.8 Å². The first kappa shape index (κ1) is 25.0. The highest BCUT2D eigenvalue weighted by molar-refractivity contribution is 7.92. The van der Waals surface area contributed by atoms with Gasteiger partial charge in [0.2, 0.25) is 0 Å². The third-order valence-corrected chi connectivity index (χ3v) is 8.57. The molecule has 0 spiro atoms. The average molecular weight is 497 g/mol. The zero-order valence-corrected chi connectivity index (χ0v) is 20.4. The smallest absolute Gasteiger partial charge is 0.303 e. The molecule has 35 heavy (non-hydrogen) atoms. The van der Waals surface area contributed by atoms with Gasteiger partial charge in [0.1, 0.15) is 0 Å². The number of carbonyl (C=O) groups is 2. The lowest BCUT2D eigenvalue weighted by molar-refractivity contribution is -0.137. The number of benzene rings is 2. The molecule has 0 saturated heterocycles. The van der Waals surface area contributed by atoms with E-state index in [2.05, 4.69) is 22.2 Å². The van der Waals surface area contributed by atoms with Gasteiger partial charge in [-0.3, -0.25) is 14.3 Å². The largest absolute Gasteiger partial charge is 0.481 e. The maximum atomic E-state index is 13.0. The van der Waals surface area contributed by atoms with Gasteiger partial charge in [-0.05, 0) is 92.7 Å². The van der Waals surface area contributed by atoms with E-state index in [0.29, 0.717) is 35.4 Å². The number of nitrogens with one attached hydrogen (secondary N) is 2. The van der Waals surface area contributed by atoms with E-state index < -0.39 is 16.0 Å². The van der Waals surface area contributed by atoms with E-state index in [1.54, 1.807) is 36.4 Å². The number of allylic oxidation sites excluding steroid dienone is 2. The molecule has 1 amide bonds. The minimum Gasteiger partial charge on any atom is -0.481 e. The molecule has 0 aliphatic heterocycles. The maximum absolute atomic E-state index is 13.0. The SMILES string of the molecule is O=C(O)CCC/C=C/C[C@H]1[C@H]2CC[C@H](C2)[C@@H]1NC(=O)c1ccc(S(=O)(=O)Nc2ccccc2)cc1. The molecule has 7 nitrogen and oxygen atoms in total. The minimum absolute atomic E-state index is 0.101. The number of anilines is 1. The van der Waals surface area contributed by atoms with Crippen molar-refractivity contribution < 1.29 is 23.1 Å². The van der Waals surface area contributed by atoms with E-state index in [1.165, 1.54) is 18.6 Å². The first-order chi connectivity index (χ1) is 16.8. The van der Waals surface area contributed by atoms with Gasteiger partial charge in [0.25, 0.3) is 15.9 Å². The number of carboxylic acids is 1. The van der Waals surface area contributed by atoms with Gasteiger partial charge in [-0.1, -0.05) is 30.4 Å². The normalized spacial score (nSPS) is 23.4. The van der Waals surface area contributed by atoms with Crippen molar-refractivity contribution >= 4 is 27.6 Å². The number of carbonyl (C=O) groups excluding carboxylic acids is 1. The van der Waals surface area contributed by atoms with Crippen molar-refractivity contribution in [2.24, 2.45) is 17.8 Å². The van der Waals surface area contributed by atoms with Crippen molar-refractivity contribution in [1.29, 1.82) is 0 Å². The van der Waals surface area contributed by atoms with E-state index in [1.807, 2.05) is 6.07 Å². The van der Waals surface area contributed by atoms with Crippen LogP contribution >= 0.6 is 0 Å². The van der Waals surface area contributed by atoms with Crippen LogP contribution in [0.3, 0.4) is 0 Å². The molecule has 2 aromatic rings. The number of aliphatic carboxylic acids is 1. The molecule has 4 rings (SSSR count). The van der Waals surface area contributed by atoms with Gasteiger partial charge in [-0.25, -0.2) is 8.42 Å². The Morgan fingerprint density at radius 1 is 0.971 bits per heavy atom. The molecule has 8 heteroatoms. The average Bonchev–Trinajstić information content (AvgIpc) is 3.44. The van der Waals surface area contributed by atoms with Crippen molar-refractivity contribution in [2.45, 2.75) is 55.9 Å². The summed E-state index contributed by atoms with van der Waals surface area (Å²) in [6, 6.07) is 14.8. The van der Waals surface area contributed by atoms with Crippen LogP contribution < -0.4 is 10.0 Å². The number of sulfonamides is 1. The Kier molecular flexibility index (Phi) is 7.90. The molecule has 2 saturated carbocycles.